The number of aromatic amines is 1. The van der Waals surface area contributed by atoms with Crippen molar-refractivity contribution in [2.24, 2.45) is 0 Å². The Bertz CT molecular complexity index is 433. The van der Waals surface area contributed by atoms with Crippen molar-refractivity contribution in [2.75, 3.05) is 0 Å². The van der Waals surface area contributed by atoms with Crippen LogP contribution >= 0.6 is 11.6 Å². The molecular weight excluding hydrogens is 232 g/mol. The number of imidazole rings is 1. The van der Waals surface area contributed by atoms with E-state index in [2.05, 4.69) is 23.8 Å². The minimum atomic E-state index is 0.422. The molecule has 17 heavy (non-hydrogen) atoms. The second-order valence-electron chi connectivity index (χ2n) is 3.44. The van der Waals surface area contributed by atoms with E-state index in [1.807, 2.05) is 45.9 Å². The predicted octanol–water partition coefficient (Wildman–Crippen LogP) is 5.39. The van der Waals surface area contributed by atoms with E-state index in [1.165, 1.54) is 0 Å². The first-order valence-corrected chi connectivity index (χ1v) is 6.70. The molecule has 0 saturated heterocycles. The molecule has 0 fully saturated rings. The summed E-state index contributed by atoms with van der Waals surface area (Å²) in [4.78, 5) is 7.68. The molecule has 0 saturated carbocycles. The molecule has 1 N–H and O–H groups in total. The Labute approximate surface area is 109 Å². The Hall–Kier alpha value is -1.02. The molecule has 0 amide bonds. The molecule has 0 radical (unpaired) electrons. The molecule has 1 heterocycles. The van der Waals surface area contributed by atoms with Gasteiger partial charge in [-0.2, -0.15) is 0 Å². The summed E-state index contributed by atoms with van der Waals surface area (Å²) in [6, 6.07) is 5.69. The Morgan fingerprint density at radius 2 is 1.71 bits per heavy atom. The van der Waals surface area contributed by atoms with Gasteiger partial charge >= 0.3 is 0 Å². The maximum atomic E-state index is 5.86. The van der Waals surface area contributed by atoms with Gasteiger partial charge in [0.2, 0.25) is 0 Å². The third-order valence-corrected chi connectivity index (χ3v) is 2.24. The molecule has 0 spiro atoms. The zero-order chi connectivity index (χ0) is 13.4. The lowest BCUT2D eigenvalue weighted by molar-refractivity contribution is 0.799. The maximum Gasteiger partial charge on any atom is 0.109 e. The monoisotopic (exact) mass is 254 g/mol. The lowest BCUT2D eigenvalue weighted by Crippen LogP contribution is -1.88. The standard InChI is InChI=1S/C10H11ClN2.2C2H6/c1-6(2)10-12-8-4-3-7(11)5-9(8)13-10;2*1-2/h3-6H,1-2H3,(H,12,13);2*1-2H3. The molecule has 3 heteroatoms. The first kappa shape index (κ1) is 16.0. The van der Waals surface area contributed by atoms with Gasteiger partial charge in [-0.15, -0.1) is 0 Å². The van der Waals surface area contributed by atoms with Gasteiger partial charge in [0.25, 0.3) is 0 Å². The summed E-state index contributed by atoms with van der Waals surface area (Å²) >= 11 is 5.86. The van der Waals surface area contributed by atoms with Crippen LogP contribution in [-0.2, 0) is 0 Å². The average molecular weight is 255 g/mol. The second kappa shape index (κ2) is 8.13. The van der Waals surface area contributed by atoms with Gasteiger partial charge in [0, 0.05) is 10.9 Å². The van der Waals surface area contributed by atoms with Crippen LogP contribution in [0.4, 0.5) is 0 Å². The van der Waals surface area contributed by atoms with Crippen LogP contribution < -0.4 is 0 Å². The normalized spacial score (nSPS) is 9.41. The lowest BCUT2D eigenvalue weighted by Gasteiger charge is -1.95. The van der Waals surface area contributed by atoms with Gasteiger partial charge in [-0.05, 0) is 18.2 Å². The van der Waals surface area contributed by atoms with E-state index in [1.54, 1.807) is 0 Å². The number of H-pyrrole nitrogens is 1. The van der Waals surface area contributed by atoms with Crippen molar-refractivity contribution >= 4 is 22.6 Å². The number of nitrogens with zero attached hydrogens (tertiary/aromatic N) is 1. The minimum Gasteiger partial charge on any atom is -0.342 e. The molecule has 0 aliphatic heterocycles. The summed E-state index contributed by atoms with van der Waals surface area (Å²) in [5, 5.41) is 0.742. The third-order valence-electron chi connectivity index (χ3n) is 2.01. The fraction of sp³-hybridized carbons (Fsp3) is 0.500. The van der Waals surface area contributed by atoms with Gasteiger partial charge < -0.3 is 4.98 Å². The van der Waals surface area contributed by atoms with Gasteiger partial charge in [-0.1, -0.05) is 53.1 Å². The van der Waals surface area contributed by atoms with E-state index in [9.17, 15) is 0 Å². The van der Waals surface area contributed by atoms with Gasteiger partial charge in [-0.3, -0.25) is 0 Å². The Morgan fingerprint density at radius 1 is 1.12 bits per heavy atom. The van der Waals surface area contributed by atoms with E-state index >= 15 is 0 Å². The Morgan fingerprint density at radius 3 is 2.24 bits per heavy atom. The number of nitrogens with one attached hydrogen (secondary N) is 1. The van der Waals surface area contributed by atoms with Crippen LogP contribution in [0.15, 0.2) is 18.2 Å². The molecule has 0 bridgehead atoms. The van der Waals surface area contributed by atoms with Crippen molar-refractivity contribution in [3.63, 3.8) is 0 Å². The number of benzene rings is 1. The summed E-state index contributed by atoms with van der Waals surface area (Å²) in [5.74, 6) is 1.43. The molecule has 1 aromatic carbocycles. The van der Waals surface area contributed by atoms with Crippen molar-refractivity contribution in [3.8, 4) is 0 Å². The van der Waals surface area contributed by atoms with Crippen molar-refractivity contribution in [1.82, 2.24) is 9.97 Å². The van der Waals surface area contributed by atoms with E-state index in [0.29, 0.717) is 5.92 Å². The minimum absolute atomic E-state index is 0.422. The quantitative estimate of drug-likeness (QED) is 0.726. The van der Waals surface area contributed by atoms with Crippen molar-refractivity contribution in [3.05, 3.63) is 29.0 Å². The topological polar surface area (TPSA) is 28.7 Å². The summed E-state index contributed by atoms with van der Waals surface area (Å²) in [7, 11) is 0. The fourth-order valence-electron chi connectivity index (χ4n) is 1.28. The molecule has 0 unspecified atom stereocenters. The van der Waals surface area contributed by atoms with Gasteiger partial charge in [0.1, 0.15) is 5.82 Å². The number of hydrogen-bond donors (Lipinski definition) is 1. The molecule has 0 aliphatic rings. The van der Waals surface area contributed by atoms with Crippen LogP contribution in [-0.4, -0.2) is 9.97 Å². The highest BCUT2D eigenvalue weighted by molar-refractivity contribution is 6.31. The van der Waals surface area contributed by atoms with Crippen LogP contribution in [0, 0.1) is 0 Å². The van der Waals surface area contributed by atoms with Gasteiger partial charge in [0.05, 0.1) is 11.0 Å². The highest BCUT2D eigenvalue weighted by Crippen LogP contribution is 2.20. The van der Waals surface area contributed by atoms with E-state index in [4.69, 9.17) is 11.6 Å². The highest BCUT2D eigenvalue weighted by Gasteiger charge is 2.05. The number of hydrogen-bond acceptors (Lipinski definition) is 1. The molecule has 1 aromatic heterocycles. The number of halogens is 1. The zero-order valence-corrected chi connectivity index (χ0v) is 12.4. The second-order valence-corrected chi connectivity index (χ2v) is 3.87. The van der Waals surface area contributed by atoms with Crippen molar-refractivity contribution < 1.29 is 0 Å². The number of rotatable bonds is 1. The highest BCUT2D eigenvalue weighted by atomic mass is 35.5. The predicted molar refractivity (Wildman–Crippen MR) is 77.9 cm³/mol. The van der Waals surface area contributed by atoms with Crippen LogP contribution in [0.2, 0.25) is 5.02 Å². The Kier molecular flexibility index (Phi) is 7.64. The number of fused-ring (bicyclic) bond motifs is 1. The SMILES string of the molecule is CC.CC.CC(C)c1nc2ccc(Cl)cc2[nH]1. The van der Waals surface area contributed by atoms with Gasteiger partial charge in [0.15, 0.2) is 0 Å². The summed E-state index contributed by atoms with van der Waals surface area (Å²) in [5.41, 5.74) is 1.99. The van der Waals surface area contributed by atoms with Crippen LogP contribution in [0.5, 0.6) is 0 Å². The lowest BCUT2D eigenvalue weighted by atomic mass is 10.2. The molecule has 2 aromatic rings. The summed E-state index contributed by atoms with van der Waals surface area (Å²) in [6.07, 6.45) is 0. The molecule has 2 rings (SSSR count). The number of aromatic nitrogens is 2. The van der Waals surface area contributed by atoms with Crippen molar-refractivity contribution in [2.45, 2.75) is 47.5 Å². The largest absolute Gasteiger partial charge is 0.342 e. The molecule has 0 atom stereocenters. The third kappa shape index (κ3) is 4.39. The van der Waals surface area contributed by atoms with E-state index in [0.717, 1.165) is 21.9 Å². The summed E-state index contributed by atoms with van der Waals surface area (Å²) < 4.78 is 0. The first-order valence-electron chi connectivity index (χ1n) is 6.32. The van der Waals surface area contributed by atoms with Gasteiger partial charge in [-0.25, -0.2) is 4.98 Å². The molecule has 96 valence electrons. The fourth-order valence-corrected chi connectivity index (χ4v) is 1.45. The van der Waals surface area contributed by atoms with Crippen LogP contribution in [0.25, 0.3) is 11.0 Å². The molecule has 2 nitrogen and oxygen atoms in total. The molecule has 0 aliphatic carbocycles. The van der Waals surface area contributed by atoms with E-state index in [-0.39, 0.29) is 0 Å². The first-order chi connectivity index (χ1) is 8.16. The maximum absolute atomic E-state index is 5.86. The van der Waals surface area contributed by atoms with Crippen LogP contribution in [0.1, 0.15) is 53.3 Å². The summed E-state index contributed by atoms with van der Waals surface area (Å²) in [6.45, 7) is 12.2. The van der Waals surface area contributed by atoms with Crippen LogP contribution in [0.3, 0.4) is 0 Å². The average Bonchev–Trinajstić information content (AvgIpc) is 2.77. The Balaban J connectivity index is 0.000000581. The zero-order valence-electron chi connectivity index (χ0n) is 11.6. The van der Waals surface area contributed by atoms with Crippen molar-refractivity contribution in [1.29, 1.82) is 0 Å². The smallest absolute Gasteiger partial charge is 0.109 e. The molecular formula is C14H23ClN2. The van der Waals surface area contributed by atoms with E-state index < -0.39 is 0 Å².